The topological polar surface area (TPSA) is 3.24 Å². The Balaban J connectivity index is 0. The zero-order valence-corrected chi connectivity index (χ0v) is 6.21. The average molecular weight is 207 g/mol. The first-order valence-corrected chi connectivity index (χ1v) is 2.03. The van der Waals surface area contributed by atoms with Crippen molar-refractivity contribution in [3.05, 3.63) is 0 Å². The molecule has 0 aromatic carbocycles. The van der Waals surface area contributed by atoms with Gasteiger partial charge in [0.2, 0.25) is 0 Å². The maximum absolute atomic E-state index is 2.18. The van der Waals surface area contributed by atoms with Crippen LogP contribution in [0.4, 0.5) is 0 Å². The van der Waals surface area contributed by atoms with Crippen LogP contribution in [0.1, 0.15) is 0 Å². The van der Waals surface area contributed by atoms with Crippen molar-refractivity contribution < 1.29 is 0 Å². The molecule has 1 nitrogen and oxygen atoms in total. The molecule has 0 aliphatic heterocycles. The minimum absolute atomic E-state index is 0. The lowest BCUT2D eigenvalue weighted by Gasteiger charge is -1.86. The SMILES string of the molecule is CN(C)I.Cl. The smallest absolute Gasteiger partial charge is 0.0195 e. The second-order valence-electron chi connectivity index (χ2n) is 0.785. The van der Waals surface area contributed by atoms with E-state index in [1.165, 1.54) is 0 Å². The van der Waals surface area contributed by atoms with Crippen molar-refractivity contribution in [2.24, 2.45) is 0 Å². The number of nitrogens with zero attached hydrogens (tertiary/aromatic N) is 1. The molecule has 0 spiro atoms. The fourth-order valence-electron chi connectivity index (χ4n) is 0. The van der Waals surface area contributed by atoms with E-state index in [0.29, 0.717) is 0 Å². The molecule has 0 amide bonds. The molecule has 0 N–H and O–H groups in total. The van der Waals surface area contributed by atoms with Crippen LogP contribution in [0, 0.1) is 0 Å². The van der Waals surface area contributed by atoms with Crippen molar-refractivity contribution in [2.75, 3.05) is 14.1 Å². The molecule has 3 heteroatoms. The number of halogens is 2. The summed E-state index contributed by atoms with van der Waals surface area (Å²) in [6.45, 7) is 0. The highest BCUT2D eigenvalue weighted by Crippen LogP contribution is 1.79. The van der Waals surface area contributed by atoms with Gasteiger partial charge >= 0.3 is 0 Å². The fraction of sp³-hybridized carbons (Fsp3) is 1.00. The maximum atomic E-state index is 2.18. The Morgan fingerprint density at radius 1 is 1.40 bits per heavy atom. The predicted octanol–water partition coefficient (Wildman–Crippen LogP) is 1.32. The van der Waals surface area contributed by atoms with E-state index >= 15 is 0 Å². The third-order valence-corrected chi connectivity index (χ3v) is 0. The number of hydrogen-bond donors (Lipinski definition) is 0. The zero-order valence-electron chi connectivity index (χ0n) is 3.23. The van der Waals surface area contributed by atoms with Crippen molar-refractivity contribution in [3.63, 3.8) is 0 Å². The summed E-state index contributed by atoms with van der Waals surface area (Å²) in [6, 6.07) is 0. The van der Waals surface area contributed by atoms with Crippen LogP contribution >= 0.6 is 35.3 Å². The van der Waals surface area contributed by atoms with Gasteiger partial charge in [0.05, 0.1) is 0 Å². The van der Waals surface area contributed by atoms with Gasteiger partial charge in [-0.3, -0.25) is 3.11 Å². The van der Waals surface area contributed by atoms with Crippen LogP contribution in [-0.4, -0.2) is 17.2 Å². The summed E-state index contributed by atoms with van der Waals surface area (Å²) in [5, 5.41) is 0. The van der Waals surface area contributed by atoms with Gasteiger partial charge in [0.1, 0.15) is 0 Å². The molecule has 0 aliphatic carbocycles. The van der Waals surface area contributed by atoms with Crippen LogP contribution in [0.5, 0.6) is 0 Å². The van der Waals surface area contributed by atoms with Crippen LogP contribution in [0.25, 0.3) is 0 Å². The normalized spacial score (nSPS) is 7.20. The Hall–Kier alpha value is 0.980. The molecule has 0 aromatic heterocycles. The molecular weight excluding hydrogens is 200 g/mol. The van der Waals surface area contributed by atoms with E-state index in [4.69, 9.17) is 0 Å². The summed E-state index contributed by atoms with van der Waals surface area (Å²) in [4.78, 5) is 0. The van der Waals surface area contributed by atoms with Crippen LogP contribution in [0.3, 0.4) is 0 Å². The van der Waals surface area contributed by atoms with Gasteiger partial charge in [0, 0.05) is 22.9 Å². The van der Waals surface area contributed by atoms with Crippen LogP contribution in [0.15, 0.2) is 0 Å². The monoisotopic (exact) mass is 207 g/mol. The van der Waals surface area contributed by atoms with Crippen LogP contribution < -0.4 is 0 Å². The lowest BCUT2D eigenvalue weighted by Crippen LogP contribution is -1.88. The van der Waals surface area contributed by atoms with E-state index in [1.807, 2.05) is 17.2 Å². The number of hydrogen-bond acceptors (Lipinski definition) is 1. The fourth-order valence-corrected chi connectivity index (χ4v) is 0. The molecule has 0 aromatic rings. The Kier molecular flexibility index (Phi) is 9.33. The first-order valence-electron chi connectivity index (χ1n) is 1.06. The minimum Gasteiger partial charge on any atom is -0.254 e. The van der Waals surface area contributed by atoms with E-state index in [0.717, 1.165) is 0 Å². The standard InChI is InChI=1S/C2H6IN.ClH/c1-4(2)3;/h1-2H3;1H. The van der Waals surface area contributed by atoms with Gasteiger partial charge in [0.25, 0.3) is 0 Å². The molecule has 0 unspecified atom stereocenters. The third kappa shape index (κ3) is 46.0. The van der Waals surface area contributed by atoms with Crippen LogP contribution in [-0.2, 0) is 0 Å². The Morgan fingerprint density at radius 3 is 1.40 bits per heavy atom. The van der Waals surface area contributed by atoms with Gasteiger partial charge in [-0.2, -0.15) is 0 Å². The second kappa shape index (κ2) is 4.98. The van der Waals surface area contributed by atoms with Gasteiger partial charge < -0.3 is 0 Å². The van der Waals surface area contributed by atoms with Crippen molar-refractivity contribution in [1.29, 1.82) is 0 Å². The third-order valence-electron chi connectivity index (χ3n) is 0. The van der Waals surface area contributed by atoms with Crippen molar-refractivity contribution in [2.45, 2.75) is 0 Å². The summed E-state index contributed by atoms with van der Waals surface area (Å²) in [7, 11) is 3.97. The van der Waals surface area contributed by atoms with E-state index in [1.54, 1.807) is 0 Å². The molecule has 0 heterocycles. The molecule has 0 atom stereocenters. The Labute approximate surface area is 52.6 Å². The zero-order chi connectivity index (χ0) is 3.58. The lowest BCUT2D eigenvalue weighted by atomic mass is 11.3. The summed E-state index contributed by atoms with van der Waals surface area (Å²) >= 11 is 2.18. The highest BCUT2D eigenvalue weighted by molar-refractivity contribution is 14.1. The first kappa shape index (κ1) is 9.36. The quantitative estimate of drug-likeness (QED) is 0.428. The molecule has 0 bridgehead atoms. The average Bonchev–Trinajstić information content (AvgIpc) is 0.811. The molecule has 0 saturated carbocycles. The molecule has 34 valence electrons. The highest BCUT2D eigenvalue weighted by atomic mass is 127. The first-order chi connectivity index (χ1) is 1.73. The summed E-state index contributed by atoms with van der Waals surface area (Å²) < 4.78 is 1.97. The molecular formula is C2H7ClIN. The van der Waals surface area contributed by atoms with E-state index in [9.17, 15) is 0 Å². The van der Waals surface area contributed by atoms with E-state index in [-0.39, 0.29) is 12.4 Å². The molecule has 0 rings (SSSR count). The van der Waals surface area contributed by atoms with Gasteiger partial charge in [-0.15, -0.1) is 12.4 Å². The van der Waals surface area contributed by atoms with Crippen molar-refractivity contribution in [3.8, 4) is 0 Å². The summed E-state index contributed by atoms with van der Waals surface area (Å²) in [6.07, 6.45) is 0. The molecule has 0 fully saturated rings. The number of rotatable bonds is 0. The molecule has 0 aliphatic rings. The Bertz CT molecular complexity index is 14.4. The summed E-state index contributed by atoms with van der Waals surface area (Å²) in [5.41, 5.74) is 0. The largest absolute Gasteiger partial charge is 0.254 e. The highest BCUT2D eigenvalue weighted by Gasteiger charge is 1.61. The molecule has 0 saturated heterocycles. The second-order valence-corrected chi connectivity index (χ2v) is 2.72. The van der Waals surface area contributed by atoms with Gasteiger partial charge in [-0.25, -0.2) is 0 Å². The predicted molar refractivity (Wildman–Crippen MR) is 35.0 cm³/mol. The van der Waals surface area contributed by atoms with Crippen LogP contribution in [0.2, 0.25) is 0 Å². The molecule has 0 radical (unpaired) electrons. The van der Waals surface area contributed by atoms with Crippen molar-refractivity contribution in [1.82, 2.24) is 3.11 Å². The lowest BCUT2D eigenvalue weighted by molar-refractivity contribution is 0.760. The van der Waals surface area contributed by atoms with E-state index in [2.05, 4.69) is 22.9 Å². The van der Waals surface area contributed by atoms with Gasteiger partial charge in [-0.1, -0.05) is 0 Å². The molecule has 5 heavy (non-hydrogen) atoms. The van der Waals surface area contributed by atoms with Gasteiger partial charge in [-0.05, 0) is 14.1 Å². The summed E-state index contributed by atoms with van der Waals surface area (Å²) in [5.74, 6) is 0. The van der Waals surface area contributed by atoms with Crippen molar-refractivity contribution >= 4 is 35.3 Å². The van der Waals surface area contributed by atoms with E-state index < -0.39 is 0 Å². The minimum atomic E-state index is 0. The Morgan fingerprint density at radius 2 is 1.40 bits per heavy atom. The maximum Gasteiger partial charge on any atom is 0.0195 e. The van der Waals surface area contributed by atoms with Gasteiger partial charge in [0.15, 0.2) is 0 Å².